The van der Waals surface area contributed by atoms with Crippen LogP contribution in [-0.4, -0.2) is 38.3 Å². The maximum Gasteiger partial charge on any atom is 1.00 e. The summed E-state index contributed by atoms with van der Waals surface area (Å²) in [7, 11) is 0. The molecular weight excluding hydrogens is 426 g/mol. The first-order valence-corrected chi connectivity index (χ1v) is 7.77. The van der Waals surface area contributed by atoms with Crippen molar-refractivity contribution in [2.24, 2.45) is 0 Å². The van der Waals surface area contributed by atoms with Crippen LogP contribution in [0.2, 0.25) is 0 Å². The zero-order valence-corrected chi connectivity index (χ0v) is 20.8. The van der Waals surface area contributed by atoms with Crippen molar-refractivity contribution in [3.63, 3.8) is 0 Å². The van der Waals surface area contributed by atoms with Crippen LogP contribution in [0, 0.1) is 0 Å². The first-order chi connectivity index (χ1) is 12.5. The maximum absolute atomic E-state index is 11.5. The van der Waals surface area contributed by atoms with Crippen LogP contribution in [0.4, 0.5) is 0 Å². The van der Waals surface area contributed by atoms with Crippen LogP contribution in [0.15, 0.2) is 60.7 Å². The summed E-state index contributed by atoms with van der Waals surface area (Å²) in [5.74, 6) is -2.68. The number of hydrogen-bond acceptors (Lipinski definition) is 6. The number of carboxylic acids is 2. The number of hydrogen-bond donors (Lipinski definition) is 0. The van der Waals surface area contributed by atoms with Gasteiger partial charge in [-0.05, 0) is 24.3 Å². The second-order valence-corrected chi connectivity index (χ2v) is 5.72. The Bertz CT molecular complexity index is 1120. The Morgan fingerprint density at radius 2 is 0.935 bits per heavy atom. The third-order valence-corrected chi connectivity index (χ3v) is 4.13. The Balaban J connectivity index is 0. The molecule has 9 nitrogen and oxygen atoms in total. The van der Waals surface area contributed by atoms with Gasteiger partial charge in [-0.3, -0.25) is 0 Å². The number of pyridine rings is 2. The van der Waals surface area contributed by atoms with Crippen molar-refractivity contribution in [1.82, 2.24) is 9.97 Å². The zero-order chi connectivity index (χ0) is 18.3. The van der Waals surface area contributed by atoms with Crippen molar-refractivity contribution >= 4 is 33.7 Å². The van der Waals surface area contributed by atoms with Crippen LogP contribution in [-0.2, 0) is 0 Å². The van der Waals surface area contributed by atoms with Crippen LogP contribution in [0.5, 0.6) is 0 Å². The summed E-state index contributed by atoms with van der Waals surface area (Å²) >= 11 is 0. The minimum absolute atomic E-state index is 0. The first-order valence-electron chi connectivity index (χ1n) is 7.77. The molecule has 0 saturated heterocycles. The summed E-state index contributed by atoms with van der Waals surface area (Å²) < 4.78 is 0. The van der Waals surface area contributed by atoms with E-state index in [4.69, 9.17) is 0 Å². The molecule has 6 N–H and O–H groups in total. The van der Waals surface area contributed by atoms with Gasteiger partial charge in [0.05, 0.1) is 34.4 Å². The molecule has 0 aliphatic carbocycles. The summed E-state index contributed by atoms with van der Waals surface area (Å²) in [6.45, 7) is 0. The molecule has 11 heteroatoms. The van der Waals surface area contributed by atoms with Gasteiger partial charge in [-0.25, -0.2) is 9.97 Å². The second kappa shape index (κ2) is 12.8. The molecule has 0 aliphatic rings. The molecule has 2 aromatic carbocycles. The Morgan fingerprint density at radius 1 is 0.613 bits per heavy atom. The largest absolute Gasteiger partial charge is 1.00 e. The van der Waals surface area contributed by atoms with Gasteiger partial charge in [-0.1, -0.05) is 36.4 Å². The van der Waals surface area contributed by atoms with Gasteiger partial charge in [0.25, 0.3) is 0 Å². The van der Waals surface area contributed by atoms with E-state index in [1.165, 1.54) is 12.1 Å². The minimum Gasteiger partial charge on any atom is -0.545 e. The number of carbonyl (C=O) groups is 2. The van der Waals surface area contributed by atoms with Crippen molar-refractivity contribution in [3.8, 4) is 11.4 Å². The Kier molecular flexibility index (Phi) is 12.9. The molecule has 0 aliphatic heterocycles. The number of benzene rings is 2. The number of aromatic nitrogens is 2. The Hall–Kier alpha value is -1.92. The molecule has 0 spiro atoms. The van der Waals surface area contributed by atoms with Gasteiger partial charge in [0, 0.05) is 21.9 Å². The monoisotopic (exact) mass is 442 g/mol. The Labute approximate surface area is 220 Å². The summed E-state index contributed by atoms with van der Waals surface area (Å²) in [6, 6.07) is 16.2. The van der Waals surface area contributed by atoms with E-state index in [1.807, 2.05) is 0 Å². The smallest absolute Gasteiger partial charge is 0.545 e. The molecule has 0 amide bonds. The average molecular weight is 442 g/mol. The molecule has 31 heavy (non-hydrogen) atoms. The molecule has 4 rings (SSSR count). The minimum atomic E-state index is -1.34. The van der Waals surface area contributed by atoms with Crippen LogP contribution in [0.3, 0.4) is 0 Å². The van der Waals surface area contributed by atoms with Gasteiger partial charge in [-0.15, -0.1) is 0 Å². The predicted octanol–water partition coefficient (Wildman–Crippen LogP) is -7.29. The van der Waals surface area contributed by atoms with Gasteiger partial charge in [0.15, 0.2) is 0 Å². The van der Waals surface area contributed by atoms with E-state index in [1.54, 1.807) is 48.5 Å². The van der Waals surface area contributed by atoms with Crippen molar-refractivity contribution in [2.45, 2.75) is 0 Å². The number of fused-ring (bicyclic) bond motifs is 2. The third-order valence-electron chi connectivity index (χ3n) is 4.13. The van der Waals surface area contributed by atoms with Crippen molar-refractivity contribution in [1.29, 1.82) is 0 Å². The number of aromatic carboxylic acids is 2. The quantitative estimate of drug-likeness (QED) is 0.282. The number of nitrogens with zero attached hydrogens (tertiary/aromatic N) is 2. The topological polar surface area (TPSA) is 201 Å². The van der Waals surface area contributed by atoms with Gasteiger partial charge < -0.3 is 36.2 Å². The zero-order valence-electron chi connectivity index (χ0n) is 16.8. The first kappa shape index (κ1) is 31.3. The number of carboxylic acid groups (broad SMARTS) is 2. The fourth-order valence-electron chi connectivity index (χ4n) is 2.95. The van der Waals surface area contributed by atoms with E-state index < -0.39 is 11.9 Å². The predicted molar refractivity (Wildman–Crippen MR) is 102 cm³/mol. The normalized spacial score (nSPS) is 9.16. The van der Waals surface area contributed by atoms with Gasteiger partial charge >= 0.3 is 59.1 Å². The van der Waals surface area contributed by atoms with Crippen LogP contribution in [0.25, 0.3) is 33.2 Å². The fraction of sp³-hybridized carbons (Fsp3) is 0. The van der Waals surface area contributed by atoms with Crippen molar-refractivity contribution < 1.29 is 95.3 Å². The SMILES string of the molecule is O.O.O.O=C([O-])c1cc(-c2cc(C(=O)[O-])c3ccccc3n2)nc2ccccc12.[Na+].[Na+]. The summed E-state index contributed by atoms with van der Waals surface area (Å²) in [5, 5.41) is 23.9. The van der Waals surface area contributed by atoms with Crippen molar-refractivity contribution in [3.05, 3.63) is 71.8 Å². The molecular formula is C20H16N2Na2O7. The van der Waals surface area contributed by atoms with E-state index >= 15 is 0 Å². The molecule has 0 unspecified atom stereocenters. The van der Waals surface area contributed by atoms with Crippen molar-refractivity contribution in [2.75, 3.05) is 0 Å². The third kappa shape index (κ3) is 6.07. The second-order valence-electron chi connectivity index (χ2n) is 5.72. The number of carbonyl (C=O) groups excluding carboxylic acids is 2. The van der Waals surface area contributed by atoms with Crippen LogP contribution >= 0.6 is 0 Å². The van der Waals surface area contributed by atoms with E-state index in [-0.39, 0.29) is 98.1 Å². The van der Waals surface area contributed by atoms with Gasteiger partial charge in [-0.2, -0.15) is 0 Å². The molecule has 0 radical (unpaired) electrons. The molecule has 0 bridgehead atoms. The van der Waals surface area contributed by atoms with E-state index in [0.29, 0.717) is 21.8 Å². The molecule has 4 aromatic rings. The average Bonchev–Trinajstić information content (AvgIpc) is 2.66. The van der Waals surface area contributed by atoms with E-state index in [9.17, 15) is 19.8 Å². The summed E-state index contributed by atoms with van der Waals surface area (Å²) in [4.78, 5) is 31.9. The van der Waals surface area contributed by atoms with Gasteiger partial charge in [0.2, 0.25) is 0 Å². The molecule has 0 fully saturated rings. The Morgan fingerprint density at radius 3 is 1.26 bits per heavy atom. The molecule has 2 heterocycles. The molecule has 0 saturated carbocycles. The van der Waals surface area contributed by atoms with Crippen LogP contribution < -0.4 is 69.3 Å². The maximum atomic E-state index is 11.5. The summed E-state index contributed by atoms with van der Waals surface area (Å²) in [5.41, 5.74) is 1.33. The standard InChI is InChI=1S/C20H12N2O4.2Na.3H2O/c23-19(24)13-9-17(21-15-7-3-1-5-11(13)15)18-10-14(20(25)26)12-6-2-4-8-16(12)22-18;;;;;/h1-10H,(H,23,24)(H,25,26);;;3*1H2/q;2*+1;;;/p-2. The van der Waals surface area contributed by atoms with E-state index in [0.717, 1.165) is 0 Å². The molecule has 2 aromatic heterocycles. The van der Waals surface area contributed by atoms with Gasteiger partial charge in [0.1, 0.15) is 0 Å². The molecule has 0 atom stereocenters. The van der Waals surface area contributed by atoms with Crippen LogP contribution in [0.1, 0.15) is 20.7 Å². The number of rotatable bonds is 3. The molecule has 150 valence electrons. The fourth-order valence-corrected chi connectivity index (χ4v) is 2.95. The van der Waals surface area contributed by atoms with E-state index in [2.05, 4.69) is 9.97 Å². The summed E-state index contributed by atoms with van der Waals surface area (Å²) in [6.07, 6.45) is 0. The number of para-hydroxylation sites is 2.